The first-order valence-electron chi connectivity index (χ1n) is 4.86. The van der Waals surface area contributed by atoms with Crippen molar-refractivity contribution in [2.45, 2.75) is 6.04 Å². The number of hydrogen-bond donors (Lipinski definition) is 1. The van der Waals surface area contributed by atoms with Gasteiger partial charge in [0.15, 0.2) is 5.75 Å². The maximum absolute atomic E-state index is 12.8. The molecule has 1 aromatic rings. The predicted octanol–water partition coefficient (Wildman–Crippen LogP) is 0.613. The molecule has 0 amide bonds. The third-order valence-corrected chi connectivity index (χ3v) is 2.04. The minimum Gasteiger partial charge on any atom is -0.485 e. The molecule has 0 aliphatic heterocycles. The number of carbonyl (C=O) groups excluding carboxylic acids is 1. The first-order chi connectivity index (χ1) is 8.45. The second kappa shape index (κ2) is 5.92. The number of rotatable bonds is 5. The Balaban J connectivity index is 2.79. The Morgan fingerprint density at radius 3 is 2.83 bits per heavy atom. The number of nitro groups is 1. The Kier molecular flexibility index (Phi) is 4.55. The first kappa shape index (κ1) is 13.8. The van der Waals surface area contributed by atoms with Gasteiger partial charge in [-0.2, -0.15) is 0 Å². The largest absolute Gasteiger partial charge is 0.485 e. The Morgan fingerprint density at radius 1 is 1.61 bits per heavy atom. The summed E-state index contributed by atoms with van der Waals surface area (Å²) in [7, 11) is 1.16. The van der Waals surface area contributed by atoms with Gasteiger partial charge in [-0.3, -0.25) is 14.9 Å². The van der Waals surface area contributed by atoms with Crippen LogP contribution >= 0.6 is 0 Å². The average Bonchev–Trinajstić information content (AvgIpc) is 2.35. The normalized spacial score (nSPS) is 11.7. The van der Waals surface area contributed by atoms with Crippen molar-refractivity contribution in [3.05, 3.63) is 34.1 Å². The third-order valence-electron chi connectivity index (χ3n) is 2.04. The second-order valence-electron chi connectivity index (χ2n) is 3.31. The first-order valence-corrected chi connectivity index (χ1v) is 4.86. The predicted molar refractivity (Wildman–Crippen MR) is 58.5 cm³/mol. The van der Waals surface area contributed by atoms with E-state index in [9.17, 15) is 19.3 Å². The van der Waals surface area contributed by atoms with E-state index in [4.69, 9.17) is 10.5 Å². The second-order valence-corrected chi connectivity index (χ2v) is 3.31. The van der Waals surface area contributed by atoms with Crippen LogP contribution in [0.25, 0.3) is 0 Å². The van der Waals surface area contributed by atoms with Gasteiger partial charge in [0.25, 0.3) is 0 Å². The quantitative estimate of drug-likeness (QED) is 0.471. The molecule has 1 unspecified atom stereocenters. The lowest BCUT2D eigenvalue weighted by Gasteiger charge is -2.11. The number of benzene rings is 1. The van der Waals surface area contributed by atoms with E-state index in [1.54, 1.807) is 0 Å². The monoisotopic (exact) mass is 258 g/mol. The molecule has 0 saturated carbocycles. The van der Waals surface area contributed by atoms with E-state index in [0.29, 0.717) is 0 Å². The lowest BCUT2D eigenvalue weighted by molar-refractivity contribution is -0.386. The molecule has 8 heteroatoms. The molecule has 1 atom stereocenters. The lowest BCUT2D eigenvalue weighted by atomic mass is 10.3. The molecule has 0 spiro atoms. The molecular formula is C10H11FN2O5. The van der Waals surface area contributed by atoms with Crippen molar-refractivity contribution in [2.75, 3.05) is 13.7 Å². The van der Waals surface area contributed by atoms with Crippen molar-refractivity contribution < 1.29 is 23.6 Å². The average molecular weight is 258 g/mol. The summed E-state index contributed by atoms with van der Waals surface area (Å²) in [4.78, 5) is 20.8. The summed E-state index contributed by atoms with van der Waals surface area (Å²) in [6, 6.07) is 1.75. The van der Waals surface area contributed by atoms with Gasteiger partial charge in [-0.1, -0.05) is 0 Å². The highest BCUT2D eigenvalue weighted by atomic mass is 19.1. The van der Waals surface area contributed by atoms with Gasteiger partial charge in [-0.15, -0.1) is 0 Å². The van der Waals surface area contributed by atoms with E-state index in [1.165, 1.54) is 0 Å². The summed E-state index contributed by atoms with van der Waals surface area (Å²) in [6.07, 6.45) is 0. The summed E-state index contributed by atoms with van der Waals surface area (Å²) < 4.78 is 22.2. The molecule has 0 bridgehead atoms. The van der Waals surface area contributed by atoms with Gasteiger partial charge >= 0.3 is 11.7 Å². The van der Waals surface area contributed by atoms with E-state index in [0.717, 1.165) is 25.3 Å². The van der Waals surface area contributed by atoms with Crippen molar-refractivity contribution in [1.82, 2.24) is 0 Å². The van der Waals surface area contributed by atoms with Crippen LogP contribution in [0.2, 0.25) is 0 Å². The standard InChI is InChI=1S/C10H11FN2O5/c1-17-10(14)7(12)5-18-9-3-2-6(11)4-8(9)13(15)16/h2-4,7H,5,12H2,1H3. The van der Waals surface area contributed by atoms with Gasteiger partial charge in [0.2, 0.25) is 0 Å². The zero-order valence-corrected chi connectivity index (χ0v) is 9.46. The number of nitrogens with zero attached hydrogens (tertiary/aromatic N) is 1. The summed E-state index contributed by atoms with van der Waals surface area (Å²) in [5, 5.41) is 10.6. The van der Waals surface area contributed by atoms with Gasteiger partial charge in [-0.05, 0) is 12.1 Å². The number of methoxy groups -OCH3 is 1. The minimum absolute atomic E-state index is 0.166. The molecule has 1 aromatic carbocycles. The van der Waals surface area contributed by atoms with Crippen molar-refractivity contribution in [2.24, 2.45) is 5.73 Å². The molecule has 1 rings (SSSR count). The van der Waals surface area contributed by atoms with Crippen LogP contribution in [-0.4, -0.2) is 30.7 Å². The highest BCUT2D eigenvalue weighted by Crippen LogP contribution is 2.27. The molecule has 0 aliphatic rings. The molecule has 7 nitrogen and oxygen atoms in total. The summed E-state index contributed by atoms with van der Waals surface area (Å²) in [5.41, 5.74) is 4.85. The van der Waals surface area contributed by atoms with Crippen LogP contribution in [0.15, 0.2) is 18.2 Å². The van der Waals surface area contributed by atoms with E-state index in [-0.39, 0.29) is 12.4 Å². The Morgan fingerprint density at radius 2 is 2.28 bits per heavy atom. The zero-order valence-electron chi connectivity index (χ0n) is 9.46. The SMILES string of the molecule is COC(=O)C(N)COc1ccc(F)cc1[N+](=O)[O-]. The fourth-order valence-electron chi connectivity index (χ4n) is 1.15. The fourth-order valence-corrected chi connectivity index (χ4v) is 1.15. The Bertz CT molecular complexity index is 466. The minimum atomic E-state index is -1.07. The number of nitro benzene ring substituents is 1. The summed E-state index contributed by atoms with van der Waals surface area (Å²) in [6.45, 7) is -0.306. The fraction of sp³-hybridized carbons (Fsp3) is 0.300. The van der Waals surface area contributed by atoms with Crippen LogP contribution in [0.1, 0.15) is 0 Å². The van der Waals surface area contributed by atoms with Gasteiger partial charge in [0.1, 0.15) is 18.5 Å². The number of halogens is 1. The highest BCUT2D eigenvalue weighted by molar-refractivity contribution is 5.75. The van der Waals surface area contributed by atoms with Crippen molar-refractivity contribution in [3.63, 3.8) is 0 Å². The van der Waals surface area contributed by atoms with E-state index < -0.39 is 28.4 Å². The molecule has 0 heterocycles. The van der Waals surface area contributed by atoms with Crippen LogP contribution in [-0.2, 0) is 9.53 Å². The van der Waals surface area contributed by atoms with E-state index >= 15 is 0 Å². The number of carbonyl (C=O) groups is 1. The summed E-state index contributed by atoms with van der Waals surface area (Å²) >= 11 is 0. The molecule has 0 radical (unpaired) electrons. The van der Waals surface area contributed by atoms with Crippen LogP contribution in [0, 0.1) is 15.9 Å². The van der Waals surface area contributed by atoms with Crippen molar-refractivity contribution in [1.29, 1.82) is 0 Å². The molecule has 18 heavy (non-hydrogen) atoms. The van der Waals surface area contributed by atoms with Crippen LogP contribution in [0.4, 0.5) is 10.1 Å². The van der Waals surface area contributed by atoms with Crippen LogP contribution < -0.4 is 10.5 Å². The molecule has 0 aliphatic carbocycles. The summed E-state index contributed by atoms with van der Waals surface area (Å²) in [5.74, 6) is -1.63. The number of hydrogen-bond acceptors (Lipinski definition) is 6. The Labute approximate surface area is 101 Å². The van der Waals surface area contributed by atoms with E-state index in [1.807, 2.05) is 0 Å². The van der Waals surface area contributed by atoms with Crippen molar-refractivity contribution >= 4 is 11.7 Å². The Hall–Kier alpha value is -2.22. The molecule has 0 aromatic heterocycles. The molecule has 98 valence electrons. The number of ether oxygens (including phenoxy) is 2. The lowest BCUT2D eigenvalue weighted by Crippen LogP contribution is -2.37. The maximum atomic E-state index is 12.8. The van der Waals surface area contributed by atoms with Crippen LogP contribution in [0.5, 0.6) is 5.75 Å². The third kappa shape index (κ3) is 3.39. The van der Waals surface area contributed by atoms with Gasteiger partial charge in [-0.25, -0.2) is 4.39 Å². The van der Waals surface area contributed by atoms with Gasteiger partial charge in [0.05, 0.1) is 18.1 Å². The zero-order chi connectivity index (χ0) is 13.7. The number of nitrogens with two attached hydrogens (primary N) is 1. The van der Waals surface area contributed by atoms with Crippen LogP contribution in [0.3, 0.4) is 0 Å². The number of esters is 1. The van der Waals surface area contributed by atoms with E-state index in [2.05, 4.69) is 4.74 Å². The van der Waals surface area contributed by atoms with Gasteiger partial charge in [0, 0.05) is 0 Å². The molecular weight excluding hydrogens is 247 g/mol. The van der Waals surface area contributed by atoms with Gasteiger partial charge < -0.3 is 15.2 Å². The molecule has 0 fully saturated rings. The van der Waals surface area contributed by atoms with Crippen molar-refractivity contribution in [3.8, 4) is 5.75 Å². The maximum Gasteiger partial charge on any atom is 0.326 e. The smallest absolute Gasteiger partial charge is 0.326 e. The topological polar surface area (TPSA) is 105 Å². The molecule has 0 saturated heterocycles. The highest BCUT2D eigenvalue weighted by Gasteiger charge is 2.19. The molecule has 2 N–H and O–H groups in total.